The Morgan fingerprint density at radius 2 is 1.54 bits per heavy atom. The van der Waals surface area contributed by atoms with Gasteiger partial charge >= 0.3 is 6.36 Å². The number of carbonyl (C=O) groups is 1. The van der Waals surface area contributed by atoms with E-state index >= 15 is 0 Å². The minimum Gasteiger partial charge on any atom is -0.507 e. The van der Waals surface area contributed by atoms with Crippen LogP contribution in [0, 0.1) is 0 Å². The van der Waals surface area contributed by atoms with E-state index in [9.17, 15) is 31.5 Å². The Balaban J connectivity index is 1.48. The normalized spacial score (nSPS) is 11.7. The molecule has 0 heterocycles. The molecule has 0 radical (unpaired) electrons. The second kappa shape index (κ2) is 10.7. The maximum absolute atomic E-state index is 12.3. The number of hydrogen-bond acceptors (Lipinski definition) is 6. The second-order valence-electron chi connectivity index (χ2n) is 7.61. The van der Waals surface area contributed by atoms with Gasteiger partial charge in [0, 0.05) is 18.4 Å². The van der Waals surface area contributed by atoms with Crippen molar-refractivity contribution in [2.75, 3.05) is 18.2 Å². The van der Waals surface area contributed by atoms with Crippen molar-refractivity contribution in [3.63, 3.8) is 0 Å². The Kier molecular flexibility index (Phi) is 7.90. The number of amides is 1. The lowest BCUT2D eigenvalue weighted by atomic mass is 10.1. The molecule has 11 heteroatoms. The molecule has 1 amide bonds. The number of aromatic hydroxyl groups is 1. The highest BCUT2D eigenvalue weighted by Crippen LogP contribution is 2.25. The molecular weight excluding hydrogens is 487 g/mol. The number of benzene rings is 3. The molecule has 35 heavy (non-hydrogen) atoms. The molecule has 3 aromatic rings. The van der Waals surface area contributed by atoms with Gasteiger partial charge in [-0.1, -0.05) is 18.2 Å². The Labute approximate surface area is 200 Å². The number of phenolic OH excluding ortho intramolecular Hbond substituents is 1. The summed E-state index contributed by atoms with van der Waals surface area (Å²) in [4.78, 5) is 12.1. The van der Waals surface area contributed by atoms with Gasteiger partial charge in [-0.25, -0.2) is 8.42 Å². The molecule has 0 spiro atoms. The molecule has 186 valence electrons. The zero-order valence-corrected chi connectivity index (χ0v) is 19.3. The number of phenols is 1. The van der Waals surface area contributed by atoms with Gasteiger partial charge in [0.15, 0.2) is 9.84 Å². The Bertz CT molecular complexity index is 1270. The topological polar surface area (TPSA) is 102 Å². The molecule has 0 saturated heterocycles. The van der Waals surface area contributed by atoms with Crippen molar-refractivity contribution >= 4 is 21.4 Å². The summed E-state index contributed by atoms with van der Waals surface area (Å²) in [5.41, 5.74) is 1.89. The summed E-state index contributed by atoms with van der Waals surface area (Å²) in [5.74, 6) is -0.659. The standard InChI is InChI=1S/C24H22F3NO6S/c1-35(31,32)22-14-17(4-11-21(22)29)15-23(30)28-18-5-2-16(3-6-18)12-13-33-19-7-9-20(10-8-19)34-24(25,26)27/h2-11,14,29H,12-13,15H2,1H3,(H,28,30). The van der Waals surface area contributed by atoms with Gasteiger partial charge in [-0.05, 0) is 59.7 Å². The van der Waals surface area contributed by atoms with Crippen LogP contribution in [0.2, 0.25) is 0 Å². The predicted octanol–water partition coefficient (Wildman–Crippen LogP) is 4.50. The molecule has 0 unspecified atom stereocenters. The van der Waals surface area contributed by atoms with Crippen molar-refractivity contribution in [1.29, 1.82) is 0 Å². The van der Waals surface area contributed by atoms with Crippen LogP contribution in [-0.4, -0.2) is 38.7 Å². The van der Waals surface area contributed by atoms with Gasteiger partial charge in [-0.2, -0.15) is 0 Å². The summed E-state index contributed by atoms with van der Waals surface area (Å²) in [5, 5.41) is 12.4. The van der Waals surface area contributed by atoms with Crippen LogP contribution in [0.3, 0.4) is 0 Å². The Morgan fingerprint density at radius 1 is 0.943 bits per heavy atom. The van der Waals surface area contributed by atoms with Crippen molar-refractivity contribution < 1.29 is 41.0 Å². The molecule has 3 rings (SSSR count). The summed E-state index contributed by atoms with van der Waals surface area (Å²) in [6, 6.07) is 16.1. The average Bonchev–Trinajstić information content (AvgIpc) is 2.76. The first kappa shape index (κ1) is 25.9. The number of carbonyl (C=O) groups excluding carboxylic acids is 1. The third-order valence-electron chi connectivity index (χ3n) is 4.74. The fourth-order valence-corrected chi connectivity index (χ4v) is 3.95. The molecule has 0 aliphatic heterocycles. The van der Waals surface area contributed by atoms with E-state index in [4.69, 9.17) is 4.74 Å². The van der Waals surface area contributed by atoms with Crippen molar-refractivity contribution in [2.24, 2.45) is 0 Å². The van der Waals surface area contributed by atoms with Gasteiger partial charge in [-0.15, -0.1) is 13.2 Å². The molecule has 0 saturated carbocycles. The minimum atomic E-state index is -4.75. The second-order valence-corrected chi connectivity index (χ2v) is 9.60. The highest BCUT2D eigenvalue weighted by Gasteiger charge is 2.31. The summed E-state index contributed by atoms with van der Waals surface area (Å²) < 4.78 is 69.3. The zero-order chi connectivity index (χ0) is 25.6. The van der Waals surface area contributed by atoms with Gasteiger partial charge in [0.1, 0.15) is 22.1 Å². The highest BCUT2D eigenvalue weighted by molar-refractivity contribution is 7.90. The molecule has 2 N–H and O–H groups in total. The van der Waals surface area contributed by atoms with Crippen LogP contribution in [0.25, 0.3) is 0 Å². The lowest BCUT2D eigenvalue weighted by molar-refractivity contribution is -0.274. The molecule has 0 aliphatic carbocycles. The predicted molar refractivity (Wildman–Crippen MR) is 122 cm³/mol. The summed E-state index contributed by atoms with van der Waals surface area (Å²) in [7, 11) is -3.63. The lowest BCUT2D eigenvalue weighted by Crippen LogP contribution is -2.17. The molecule has 0 aliphatic rings. The molecule has 7 nitrogen and oxygen atoms in total. The van der Waals surface area contributed by atoms with Gasteiger partial charge in [0.05, 0.1) is 13.0 Å². The van der Waals surface area contributed by atoms with Crippen molar-refractivity contribution in [2.45, 2.75) is 24.1 Å². The maximum Gasteiger partial charge on any atom is 0.573 e. The van der Waals surface area contributed by atoms with Crippen LogP contribution in [0.15, 0.2) is 71.6 Å². The molecule has 0 bridgehead atoms. The Hall–Kier alpha value is -3.73. The van der Waals surface area contributed by atoms with E-state index in [0.29, 0.717) is 23.4 Å². The van der Waals surface area contributed by atoms with Crippen LogP contribution >= 0.6 is 0 Å². The molecule has 0 fully saturated rings. The van der Waals surface area contributed by atoms with Crippen LogP contribution in [0.4, 0.5) is 18.9 Å². The quantitative estimate of drug-likeness (QED) is 0.441. The lowest BCUT2D eigenvalue weighted by Gasteiger charge is -2.10. The monoisotopic (exact) mass is 509 g/mol. The van der Waals surface area contributed by atoms with Crippen molar-refractivity contribution in [1.82, 2.24) is 0 Å². The molecule has 3 aromatic carbocycles. The van der Waals surface area contributed by atoms with E-state index < -0.39 is 16.2 Å². The molecule has 0 aromatic heterocycles. The number of alkyl halides is 3. The number of ether oxygens (including phenoxy) is 2. The minimum absolute atomic E-state index is 0.0782. The van der Waals surface area contributed by atoms with Crippen molar-refractivity contribution in [3.8, 4) is 17.2 Å². The fraction of sp³-hybridized carbons (Fsp3) is 0.208. The fourth-order valence-electron chi connectivity index (χ4n) is 3.14. The highest BCUT2D eigenvalue weighted by atomic mass is 32.2. The number of anilines is 1. The van der Waals surface area contributed by atoms with E-state index in [1.807, 2.05) is 0 Å². The number of halogens is 3. The maximum atomic E-state index is 12.3. The van der Waals surface area contributed by atoms with E-state index in [-0.39, 0.29) is 35.3 Å². The summed E-state index contributed by atoms with van der Waals surface area (Å²) in [6.07, 6.45) is -3.33. The largest absolute Gasteiger partial charge is 0.573 e. The number of sulfone groups is 1. The first-order chi connectivity index (χ1) is 16.4. The molecule has 0 atom stereocenters. The summed E-state index contributed by atoms with van der Waals surface area (Å²) in [6.45, 7) is 0.286. The third kappa shape index (κ3) is 8.21. The van der Waals surface area contributed by atoms with E-state index in [2.05, 4.69) is 10.1 Å². The number of rotatable bonds is 9. The van der Waals surface area contributed by atoms with Gasteiger partial charge in [0.25, 0.3) is 0 Å². The first-order valence-corrected chi connectivity index (χ1v) is 12.2. The van der Waals surface area contributed by atoms with Crippen LogP contribution < -0.4 is 14.8 Å². The first-order valence-electron chi connectivity index (χ1n) is 10.3. The van der Waals surface area contributed by atoms with Crippen LogP contribution in [0.1, 0.15) is 11.1 Å². The van der Waals surface area contributed by atoms with Gasteiger partial charge < -0.3 is 19.9 Å². The number of hydrogen-bond donors (Lipinski definition) is 2. The van der Waals surface area contributed by atoms with E-state index in [0.717, 1.165) is 11.8 Å². The van der Waals surface area contributed by atoms with E-state index in [1.165, 1.54) is 42.5 Å². The summed E-state index contributed by atoms with van der Waals surface area (Å²) >= 11 is 0. The smallest absolute Gasteiger partial charge is 0.507 e. The van der Waals surface area contributed by atoms with Crippen molar-refractivity contribution in [3.05, 3.63) is 77.9 Å². The zero-order valence-electron chi connectivity index (χ0n) is 18.5. The van der Waals surface area contributed by atoms with E-state index in [1.54, 1.807) is 24.3 Å². The van der Waals surface area contributed by atoms with Crippen LogP contribution in [-0.2, 0) is 27.5 Å². The Morgan fingerprint density at radius 3 is 2.14 bits per heavy atom. The third-order valence-corrected chi connectivity index (χ3v) is 5.87. The SMILES string of the molecule is CS(=O)(=O)c1cc(CC(=O)Nc2ccc(CCOc3ccc(OC(F)(F)F)cc3)cc2)ccc1O. The average molecular weight is 510 g/mol. The number of nitrogens with one attached hydrogen (secondary N) is 1. The van der Waals surface area contributed by atoms with Gasteiger partial charge in [0.2, 0.25) is 5.91 Å². The molecular formula is C24H22F3NO6S. The van der Waals surface area contributed by atoms with Crippen LogP contribution in [0.5, 0.6) is 17.2 Å². The van der Waals surface area contributed by atoms with Gasteiger partial charge in [-0.3, -0.25) is 4.79 Å².